The minimum absolute atomic E-state index is 0.0392. The van der Waals surface area contributed by atoms with Crippen LogP contribution in [0.5, 0.6) is 5.75 Å². The third-order valence-corrected chi connectivity index (χ3v) is 8.63. The van der Waals surface area contributed by atoms with Crippen molar-refractivity contribution in [2.45, 2.75) is 51.1 Å². The number of amides is 2. The molecule has 0 aromatic heterocycles. The summed E-state index contributed by atoms with van der Waals surface area (Å²) in [5.74, 6) is -0.209. The van der Waals surface area contributed by atoms with Crippen molar-refractivity contribution in [1.29, 1.82) is 0 Å². The van der Waals surface area contributed by atoms with Crippen molar-refractivity contribution in [2.75, 3.05) is 24.0 Å². The van der Waals surface area contributed by atoms with Gasteiger partial charge < -0.3 is 15.0 Å². The fourth-order valence-corrected chi connectivity index (χ4v) is 5.72. The number of sulfonamides is 1. The minimum atomic E-state index is -4.14. The maximum absolute atomic E-state index is 13.9. The van der Waals surface area contributed by atoms with E-state index in [0.29, 0.717) is 24.6 Å². The van der Waals surface area contributed by atoms with E-state index in [0.717, 1.165) is 27.2 Å². The summed E-state index contributed by atoms with van der Waals surface area (Å²) in [5.41, 5.74) is 1.13. The highest BCUT2D eigenvalue weighted by Gasteiger charge is 2.32. The zero-order chi connectivity index (χ0) is 29.1. The molecule has 0 aliphatic heterocycles. The highest BCUT2D eigenvalue weighted by atomic mass is 79.9. The number of hydrogen-bond donors (Lipinski definition) is 1. The topological polar surface area (TPSA) is 96.0 Å². The quantitative estimate of drug-likeness (QED) is 0.242. The molecule has 3 aromatic carbocycles. The van der Waals surface area contributed by atoms with Crippen molar-refractivity contribution in [3.63, 3.8) is 0 Å². The van der Waals surface area contributed by atoms with Gasteiger partial charge >= 0.3 is 0 Å². The van der Waals surface area contributed by atoms with Gasteiger partial charge in [-0.15, -0.1) is 0 Å². The Morgan fingerprint density at radius 1 is 0.950 bits per heavy atom. The Hall–Kier alpha value is -3.37. The van der Waals surface area contributed by atoms with Crippen molar-refractivity contribution in [3.05, 3.63) is 88.9 Å². The lowest BCUT2D eigenvalue weighted by atomic mass is 10.1. The first-order valence-electron chi connectivity index (χ1n) is 13.3. The molecule has 0 radical (unpaired) electrons. The van der Waals surface area contributed by atoms with Crippen LogP contribution >= 0.6 is 15.9 Å². The van der Waals surface area contributed by atoms with Gasteiger partial charge in [0.1, 0.15) is 18.3 Å². The van der Waals surface area contributed by atoms with Crippen LogP contribution in [0.25, 0.3) is 0 Å². The van der Waals surface area contributed by atoms with Crippen LogP contribution in [0.15, 0.2) is 88.2 Å². The molecule has 0 saturated heterocycles. The number of nitrogens with zero attached hydrogens (tertiary/aromatic N) is 2. The number of hydrogen-bond acceptors (Lipinski definition) is 5. The Kier molecular flexibility index (Phi) is 11.6. The Morgan fingerprint density at radius 3 is 2.20 bits per heavy atom. The van der Waals surface area contributed by atoms with E-state index in [4.69, 9.17) is 4.74 Å². The summed E-state index contributed by atoms with van der Waals surface area (Å²) in [4.78, 5) is 28.4. The van der Waals surface area contributed by atoms with Gasteiger partial charge in [0.2, 0.25) is 11.8 Å². The highest BCUT2D eigenvalue weighted by Crippen LogP contribution is 2.27. The molecule has 8 nitrogen and oxygen atoms in total. The second-order valence-corrected chi connectivity index (χ2v) is 12.0. The maximum atomic E-state index is 13.9. The predicted molar refractivity (Wildman–Crippen MR) is 161 cm³/mol. The van der Waals surface area contributed by atoms with Gasteiger partial charge in [-0.2, -0.15) is 0 Å². The van der Waals surface area contributed by atoms with Crippen molar-refractivity contribution >= 4 is 43.5 Å². The Morgan fingerprint density at radius 2 is 1.60 bits per heavy atom. The Bertz CT molecular complexity index is 1350. The molecule has 1 N–H and O–H groups in total. The summed E-state index contributed by atoms with van der Waals surface area (Å²) in [6.45, 7) is 6.17. The van der Waals surface area contributed by atoms with E-state index in [-0.39, 0.29) is 17.3 Å². The van der Waals surface area contributed by atoms with Crippen LogP contribution in [0.1, 0.15) is 39.2 Å². The fraction of sp³-hybridized carbons (Fsp3) is 0.333. The standard InChI is InChI=1S/C30H36BrN3O5S/c1-4-6-20-32-30(36)23(3)33(21-24-10-8-7-9-11-24)29(35)22-34(26-14-16-27(17-15-26)39-5-2)40(37,38)28-18-12-25(31)13-19-28/h7-19,23H,4-6,20-22H2,1-3H3,(H,32,36)/t23-/m1/s1. The number of rotatable bonds is 14. The van der Waals surface area contributed by atoms with Gasteiger partial charge in [-0.25, -0.2) is 8.42 Å². The van der Waals surface area contributed by atoms with Crippen LogP contribution in [0.4, 0.5) is 5.69 Å². The molecular formula is C30H36BrN3O5S. The van der Waals surface area contributed by atoms with E-state index in [9.17, 15) is 18.0 Å². The first kappa shape index (κ1) is 31.2. The number of carbonyl (C=O) groups is 2. The van der Waals surface area contributed by atoms with Crippen molar-refractivity contribution in [2.24, 2.45) is 0 Å². The molecule has 40 heavy (non-hydrogen) atoms. The number of nitrogens with one attached hydrogen (secondary N) is 1. The van der Waals surface area contributed by atoms with Crippen LogP contribution in [0.3, 0.4) is 0 Å². The number of anilines is 1. The monoisotopic (exact) mass is 629 g/mol. The predicted octanol–water partition coefficient (Wildman–Crippen LogP) is 5.38. The molecule has 0 spiro atoms. The minimum Gasteiger partial charge on any atom is -0.494 e. The number of halogens is 1. The molecule has 0 saturated carbocycles. The molecule has 10 heteroatoms. The summed E-state index contributed by atoms with van der Waals surface area (Å²) >= 11 is 3.34. The zero-order valence-electron chi connectivity index (χ0n) is 23.0. The molecule has 0 bridgehead atoms. The van der Waals surface area contributed by atoms with Crippen molar-refractivity contribution in [3.8, 4) is 5.75 Å². The summed E-state index contributed by atoms with van der Waals surface area (Å²) < 4.78 is 35.1. The van der Waals surface area contributed by atoms with Crippen molar-refractivity contribution in [1.82, 2.24) is 10.2 Å². The van der Waals surface area contributed by atoms with Crippen LogP contribution in [-0.2, 0) is 26.2 Å². The van der Waals surface area contributed by atoms with E-state index >= 15 is 0 Å². The third kappa shape index (κ3) is 8.32. The molecular weight excluding hydrogens is 594 g/mol. The molecule has 0 unspecified atom stereocenters. The molecule has 214 valence electrons. The third-order valence-electron chi connectivity index (χ3n) is 6.31. The SMILES string of the molecule is CCCCNC(=O)[C@@H](C)N(Cc1ccccc1)C(=O)CN(c1ccc(OCC)cc1)S(=O)(=O)c1ccc(Br)cc1. The molecule has 0 fully saturated rings. The first-order valence-corrected chi connectivity index (χ1v) is 15.5. The number of carbonyl (C=O) groups excluding carboxylic acids is 2. The number of unbranched alkanes of at least 4 members (excludes halogenated alkanes) is 1. The average molecular weight is 631 g/mol. The maximum Gasteiger partial charge on any atom is 0.264 e. The van der Waals surface area contributed by atoms with Crippen LogP contribution < -0.4 is 14.4 Å². The molecule has 0 aliphatic carbocycles. The largest absolute Gasteiger partial charge is 0.494 e. The van der Waals surface area contributed by atoms with E-state index in [1.807, 2.05) is 44.2 Å². The smallest absolute Gasteiger partial charge is 0.264 e. The fourth-order valence-electron chi connectivity index (χ4n) is 4.04. The molecule has 0 heterocycles. The summed E-state index contributed by atoms with van der Waals surface area (Å²) in [6, 6.07) is 21.3. The molecule has 1 atom stereocenters. The van der Waals surface area contributed by atoms with E-state index in [1.165, 1.54) is 17.0 Å². The highest BCUT2D eigenvalue weighted by molar-refractivity contribution is 9.10. The van der Waals surface area contributed by atoms with Gasteiger partial charge in [0.05, 0.1) is 17.2 Å². The normalized spacial score (nSPS) is 11.9. The summed E-state index contributed by atoms with van der Waals surface area (Å²) in [5, 5.41) is 2.89. The van der Waals surface area contributed by atoms with E-state index in [2.05, 4.69) is 21.2 Å². The van der Waals surface area contributed by atoms with Gasteiger partial charge in [0.25, 0.3) is 10.0 Å². The molecule has 2 amide bonds. The number of benzene rings is 3. The van der Waals surface area contributed by atoms with Gasteiger partial charge in [-0.1, -0.05) is 59.6 Å². The van der Waals surface area contributed by atoms with E-state index < -0.39 is 28.5 Å². The van der Waals surface area contributed by atoms with Crippen LogP contribution in [-0.4, -0.2) is 50.9 Å². The zero-order valence-corrected chi connectivity index (χ0v) is 25.4. The molecule has 3 aromatic rings. The molecule has 0 aliphatic rings. The summed E-state index contributed by atoms with van der Waals surface area (Å²) in [6.07, 6.45) is 1.74. The lowest BCUT2D eigenvalue weighted by molar-refractivity contribution is -0.139. The lowest BCUT2D eigenvalue weighted by Gasteiger charge is -2.32. The molecule has 3 rings (SSSR count). The van der Waals surface area contributed by atoms with Crippen LogP contribution in [0, 0.1) is 0 Å². The van der Waals surface area contributed by atoms with Crippen LogP contribution in [0.2, 0.25) is 0 Å². The Balaban J connectivity index is 1.99. The first-order chi connectivity index (χ1) is 19.2. The van der Waals surface area contributed by atoms with Crippen molar-refractivity contribution < 1.29 is 22.7 Å². The van der Waals surface area contributed by atoms with Gasteiger partial charge in [0.15, 0.2) is 0 Å². The van der Waals surface area contributed by atoms with Gasteiger partial charge in [-0.05, 0) is 74.4 Å². The lowest BCUT2D eigenvalue weighted by Crippen LogP contribution is -2.51. The average Bonchev–Trinajstić information content (AvgIpc) is 2.95. The van der Waals surface area contributed by atoms with Gasteiger partial charge in [0, 0.05) is 17.6 Å². The Labute approximate surface area is 245 Å². The number of ether oxygens (including phenoxy) is 1. The second kappa shape index (κ2) is 14.9. The second-order valence-electron chi connectivity index (χ2n) is 9.22. The van der Waals surface area contributed by atoms with E-state index in [1.54, 1.807) is 43.3 Å². The van der Waals surface area contributed by atoms with Gasteiger partial charge in [-0.3, -0.25) is 13.9 Å². The summed E-state index contributed by atoms with van der Waals surface area (Å²) in [7, 11) is -4.14.